The second-order valence-electron chi connectivity index (χ2n) is 3.48. The van der Waals surface area contributed by atoms with Gasteiger partial charge in [-0.1, -0.05) is 20.8 Å². The molecular weight excluding hydrogens is 285 g/mol. The van der Waals surface area contributed by atoms with Crippen LogP contribution in [0.25, 0.3) is 0 Å². The van der Waals surface area contributed by atoms with Gasteiger partial charge in [-0.25, -0.2) is 0 Å². The minimum absolute atomic E-state index is 0. The molecule has 5 heteroatoms. The van der Waals surface area contributed by atoms with Gasteiger partial charge in [-0.05, 0) is 5.41 Å². The quantitative estimate of drug-likeness (QED) is 0.552. The Bertz CT molecular complexity index is 168. The molecule has 0 bridgehead atoms. The molecule has 0 aromatic rings. The summed E-state index contributed by atoms with van der Waals surface area (Å²) in [6.45, 7) is 4.75. The Labute approximate surface area is 111 Å². The van der Waals surface area contributed by atoms with Gasteiger partial charge in [0.05, 0.1) is 0 Å². The summed E-state index contributed by atoms with van der Waals surface area (Å²) in [6, 6.07) is 0. The molecule has 0 fully saturated rings. The van der Waals surface area contributed by atoms with E-state index in [9.17, 15) is 9.59 Å². The van der Waals surface area contributed by atoms with Crippen LogP contribution in [-0.2, 0) is 9.59 Å². The van der Waals surface area contributed by atoms with Crippen molar-refractivity contribution in [2.75, 3.05) is 0 Å². The molecule has 0 aliphatic carbocycles. The SMILES string of the molecule is CC(C)(C)C(C(=O)O)C(=O)O.[BaH2]. The fourth-order valence-corrected chi connectivity index (χ4v) is 0.846. The summed E-state index contributed by atoms with van der Waals surface area (Å²) in [5.74, 6) is -3.91. The van der Waals surface area contributed by atoms with Gasteiger partial charge in [-0.3, -0.25) is 9.59 Å². The van der Waals surface area contributed by atoms with Gasteiger partial charge in [-0.15, -0.1) is 0 Å². The average molecular weight is 300 g/mol. The second kappa shape index (κ2) is 5.29. The zero-order chi connectivity index (χ0) is 9.23. The maximum atomic E-state index is 10.4. The predicted octanol–water partition coefficient (Wildman–Crippen LogP) is -0.0983. The van der Waals surface area contributed by atoms with Crippen LogP contribution in [0.15, 0.2) is 0 Å². The number of hydrogen-bond acceptors (Lipinski definition) is 2. The Kier molecular flexibility index (Phi) is 6.61. The van der Waals surface area contributed by atoms with E-state index in [1.165, 1.54) is 0 Å². The van der Waals surface area contributed by atoms with E-state index in [-0.39, 0.29) is 48.9 Å². The Balaban J connectivity index is 0. The zero-order valence-corrected chi connectivity index (χ0v) is 6.79. The summed E-state index contributed by atoms with van der Waals surface area (Å²) in [7, 11) is 0. The predicted molar refractivity (Wildman–Crippen MR) is 46.8 cm³/mol. The van der Waals surface area contributed by atoms with Crippen molar-refractivity contribution in [3.63, 3.8) is 0 Å². The fraction of sp³-hybridized carbons (Fsp3) is 0.714. The van der Waals surface area contributed by atoms with Crippen LogP contribution >= 0.6 is 0 Å². The minimum atomic E-state index is -1.33. The van der Waals surface area contributed by atoms with Crippen molar-refractivity contribution in [3.8, 4) is 0 Å². The number of carboxylic acids is 2. The van der Waals surface area contributed by atoms with Gasteiger partial charge in [0.25, 0.3) is 0 Å². The molecule has 0 aliphatic heterocycles. The first kappa shape index (κ1) is 15.0. The molecule has 0 saturated heterocycles. The van der Waals surface area contributed by atoms with Crippen molar-refractivity contribution >= 4 is 60.8 Å². The van der Waals surface area contributed by atoms with E-state index in [0.29, 0.717) is 0 Å². The van der Waals surface area contributed by atoms with Crippen LogP contribution in [0.1, 0.15) is 20.8 Å². The standard InChI is InChI=1S/C7H12O4.Ba.2H/c1-7(2,3)4(5(8)9)6(10)11;;;/h4H,1-3H3,(H,8,9)(H,10,11);;;. The number of aliphatic carboxylic acids is 2. The van der Waals surface area contributed by atoms with Crippen LogP contribution in [-0.4, -0.2) is 71.0 Å². The first-order valence-electron chi connectivity index (χ1n) is 3.22. The normalized spacial score (nSPS) is 10.7. The van der Waals surface area contributed by atoms with Crippen molar-refractivity contribution in [1.82, 2.24) is 0 Å². The third-order valence-electron chi connectivity index (χ3n) is 1.36. The molecule has 0 rings (SSSR count). The average Bonchev–Trinajstić information content (AvgIpc) is 1.54. The molecule has 0 spiro atoms. The van der Waals surface area contributed by atoms with Gasteiger partial charge >= 0.3 is 60.8 Å². The van der Waals surface area contributed by atoms with Gasteiger partial charge in [0.15, 0.2) is 5.92 Å². The summed E-state index contributed by atoms with van der Waals surface area (Å²) in [5.41, 5.74) is -0.738. The molecular formula is C7H14BaO4. The Morgan fingerprint density at radius 1 is 1.08 bits per heavy atom. The van der Waals surface area contributed by atoms with Gasteiger partial charge < -0.3 is 10.2 Å². The summed E-state index contributed by atoms with van der Waals surface area (Å²) >= 11 is 0. The molecule has 0 atom stereocenters. The van der Waals surface area contributed by atoms with E-state index in [1.54, 1.807) is 20.8 Å². The molecule has 4 nitrogen and oxygen atoms in total. The van der Waals surface area contributed by atoms with Crippen LogP contribution in [0, 0.1) is 11.3 Å². The van der Waals surface area contributed by atoms with Crippen molar-refractivity contribution < 1.29 is 19.8 Å². The molecule has 68 valence electrons. The van der Waals surface area contributed by atoms with E-state index < -0.39 is 23.3 Å². The molecule has 0 unspecified atom stereocenters. The van der Waals surface area contributed by atoms with Gasteiger partial charge in [-0.2, -0.15) is 0 Å². The number of hydrogen-bond donors (Lipinski definition) is 2. The molecule has 0 heterocycles. The van der Waals surface area contributed by atoms with E-state index >= 15 is 0 Å². The maximum absolute atomic E-state index is 10.4. The summed E-state index contributed by atoms with van der Waals surface area (Å²) in [5, 5.41) is 17.0. The molecule has 0 aromatic heterocycles. The van der Waals surface area contributed by atoms with E-state index in [1.807, 2.05) is 0 Å². The zero-order valence-electron chi connectivity index (χ0n) is 6.79. The van der Waals surface area contributed by atoms with Gasteiger partial charge in [0, 0.05) is 0 Å². The third kappa shape index (κ3) is 4.52. The number of carboxylic acid groups (broad SMARTS) is 2. The molecule has 0 amide bonds. The number of rotatable bonds is 2. The van der Waals surface area contributed by atoms with Crippen molar-refractivity contribution in [3.05, 3.63) is 0 Å². The van der Waals surface area contributed by atoms with Gasteiger partial charge in [0.2, 0.25) is 0 Å². The molecule has 0 saturated carbocycles. The van der Waals surface area contributed by atoms with Gasteiger partial charge in [0.1, 0.15) is 0 Å². The number of carbonyl (C=O) groups is 2. The van der Waals surface area contributed by atoms with Crippen LogP contribution in [0.3, 0.4) is 0 Å². The first-order chi connectivity index (χ1) is 4.76. The van der Waals surface area contributed by atoms with Crippen molar-refractivity contribution in [2.24, 2.45) is 11.3 Å². The Hall–Kier alpha value is 0.511. The van der Waals surface area contributed by atoms with E-state index in [0.717, 1.165) is 0 Å². The van der Waals surface area contributed by atoms with Crippen LogP contribution in [0.4, 0.5) is 0 Å². The van der Waals surface area contributed by atoms with Crippen LogP contribution in [0.5, 0.6) is 0 Å². The second-order valence-corrected chi connectivity index (χ2v) is 3.48. The third-order valence-corrected chi connectivity index (χ3v) is 1.36. The van der Waals surface area contributed by atoms with Crippen molar-refractivity contribution in [1.29, 1.82) is 0 Å². The first-order valence-corrected chi connectivity index (χ1v) is 3.22. The summed E-state index contributed by atoms with van der Waals surface area (Å²) in [6.07, 6.45) is 0. The van der Waals surface area contributed by atoms with Crippen molar-refractivity contribution in [2.45, 2.75) is 20.8 Å². The molecule has 0 aromatic carbocycles. The van der Waals surface area contributed by atoms with Crippen LogP contribution < -0.4 is 0 Å². The molecule has 12 heavy (non-hydrogen) atoms. The molecule has 0 radical (unpaired) electrons. The molecule has 2 N–H and O–H groups in total. The fourth-order valence-electron chi connectivity index (χ4n) is 0.846. The Morgan fingerprint density at radius 3 is 1.33 bits per heavy atom. The topological polar surface area (TPSA) is 74.6 Å². The summed E-state index contributed by atoms with van der Waals surface area (Å²) in [4.78, 5) is 20.8. The van der Waals surface area contributed by atoms with Crippen LogP contribution in [0.2, 0.25) is 0 Å². The summed E-state index contributed by atoms with van der Waals surface area (Å²) < 4.78 is 0. The Morgan fingerprint density at radius 2 is 1.33 bits per heavy atom. The molecule has 0 aliphatic rings. The van der Waals surface area contributed by atoms with E-state index in [2.05, 4.69) is 0 Å². The monoisotopic (exact) mass is 300 g/mol. The van der Waals surface area contributed by atoms with E-state index in [4.69, 9.17) is 10.2 Å².